The van der Waals surface area contributed by atoms with E-state index in [1.807, 2.05) is 106 Å². The van der Waals surface area contributed by atoms with Gasteiger partial charge < -0.3 is 49.4 Å². The van der Waals surface area contributed by atoms with Crippen molar-refractivity contribution < 1.29 is 23.9 Å². The van der Waals surface area contributed by atoms with E-state index in [0.29, 0.717) is 44.3 Å². The number of aryl methyl sites for hydroxylation is 8. The topological polar surface area (TPSA) is 247 Å². The van der Waals surface area contributed by atoms with Crippen molar-refractivity contribution in [2.75, 3.05) is 52.4 Å². The van der Waals surface area contributed by atoms with Gasteiger partial charge in [0.25, 0.3) is 0 Å². The fourth-order valence-electron chi connectivity index (χ4n) is 14.8. The van der Waals surface area contributed by atoms with E-state index < -0.39 is 11.7 Å². The first-order valence-electron chi connectivity index (χ1n) is 46.9. The largest absolute Gasteiger partial charge is 0.443 e. The smallest absolute Gasteiger partial charge is 0.417 e. The number of carbonyl (C=O) groups excluding carboxylic acids is 4. The van der Waals surface area contributed by atoms with Gasteiger partial charge >= 0.3 is 6.09 Å². The number of ether oxygens (including phenoxy) is 1. The number of rotatable bonds is 53. The lowest BCUT2D eigenvalue weighted by Crippen LogP contribution is -2.46. The first kappa shape index (κ1) is 106. The van der Waals surface area contributed by atoms with Crippen LogP contribution in [0.25, 0.3) is 0 Å². The molecule has 14 heteroatoms. The highest BCUT2D eigenvalue weighted by Crippen LogP contribution is 2.26. The molecule has 4 amide bonds. The number of nitrogens with zero attached hydrogens (tertiary/aromatic N) is 1. The van der Waals surface area contributed by atoms with Gasteiger partial charge in [-0.2, -0.15) is 0 Å². The third-order valence-electron chi connectivity index (χ3n) is 22.7. The highest BCUT2D eigenvalue weighted by Gasteiger charge is 2.33. The molecule has 0 spiro atoms. The Labute approximate surface area is 740 Å². The van der Waals surface area contributed by atoms with E-state index in [4.69, 9.17) is 33.4 Å². The van der Waals surface area contributed by atoms with E-state index in [1.54, 1.807) is 0 Å². The molecule has 14 nitrogen and oxygen atoms in total. The molecule has 670 valence electrons. The molecular weight excluding hydrogens is 1500 g/mol. The predicted molar refractivity (Wildman–Crippen MR) is 517 cm³/mol. The summed E-state index contributed by atoms with van der Waals surface area (Å²) in [5.74, 6) is 2.24. The van der Waals surface area contributed by atoms with Gasteiger partial charge in [0.05, 0.1) is 0 Å². The van der Waals surface area contributed by atoms with Crippen LogP contribution in [0.5, 0.6) is 0 Å². The van der Waals surface area contributed by atoms with E-state index in [2.05, 4.69) is 215 Å². The first-order chi connectivity index (χ1) is 59.1. The van der Waals surface area contributed by atoms with Gasteiger partial charge in [0, 0.05) is 56.0 Å². The predicted octanol–water partition coefficient (Wildman–Crippen LogP) is 21.6. The Morgan fingerprint density at radius 1 is 0.336 bits per heavy atom. The van der Waals surface area contributed by atoms with Gasteiger partial charge in [0.15, 0.2) is 0 Å². The van der Waals surface area contributed by atoms with Crippen molar-refractivity contribution in [1.29, 1.82) is 0 Å². The second-order valence-electron chi connectivity index (χ2n) is 35.1. The van der Waals surface area contributed by atoms with Gasteiger partial charge in [-0.05, 0) is 263 Å². The van der Waals surface area contributed by atoms with E-state index in [-0.39, 0.29) is 53.5 Å². The van der Waals surface area contributed by atoms with Gasteiger partial charge in [-0.15, -0.1) is 0 Å². The van der Waals surface area contributed by atoms with Crippen LogP contribution < -0.4 is 44.6 Å². The number of hydrogen-bond donors (Lipinski definition) is 8. The van der Waals surface area contributed by atoms with E-state index in [1.165, 1.54) is 101 Å². The summed E-state index contributed by atoms with van der Waals surface area (Å²) in [5, 5.41) is 9.89. The third kappa shape index (κ3) is 51.5. The van der Waals surface area contributed by atoms with Crippen LogP contribution in [0.2, 0.25) is 0 Å². The monoisotopic (exact) mass is 1670 g/mol. The molecule has 13 N–H and O–H groups in total. The average Bonchev–Trinajstić information content (AvgIpc) is 0.839. The summed E-state index contributed by atoms with van der Waals surface area (Å²) in [6, 6.07) is 84.0. The molecule has 0 saturated heterocycles. The molecule has 0 heterocycles. The van der Waals surface area contributed by atoms with Crippen molar-refractivity contribution in [3.8, 4) is 0 Å². The number of nitrogens with two attached hydrogens (primary N) is 5. The highest BCUT2D eigenvalue weighted by atomic mass is 16.6. The lowest BCUT2D eigenvalue weighted by Gasteiger charge is -2.30. The molecule has 0 fully saturated rings. The Morgan fingerprint density at radius 3 is 0.910 bits per heavy atom. The van der Waals surface area contributed by atoms with Crippen molar-refractivity contribution in [2.45, 2.75) is 266 Å². The van der Waals surface area contributed by atoms with Crippen LogP contribution in [0.3, 0.4) is 0 Å². The number of imide groups is 1. The van der Waals surface area contributed by atoms with Crippen molar-refractivity contribution in [2.24, 2.45) is 70.1 Å². The fourth-order valence-corrected chi connectivity index (χ4v) is 14.8. The molecule has 0 aliphatic carbocycles. The molecule has 0 unspecified atom stereocenters. The maximum Gasteiger partial charge on any atom is 0.417 e. The molecule has 0 bridgehead atoms. The van der Waals surface area contributed by atoms with Gasteiger partial charge in [0.1, 0.15) is 5.60 Å². The molecule has 0 radical (unpaired) electrons. The van der Waals surface area contributed by atoms with E-state index >= 15 is 0 Å². The minimum atomic E-state index is -0.647. The zero-order chi connectivity index (χ0) is 88.5. The third-order valence-corrected chi connectivity index (χ3v) is 22.7. The quantitative estimate of drug-likeness (QED) is 0.0178. The van der Waals surface area contributed by atoms with E-state index in [0.717, 1.165) is 161 Å². The number of hydrogen-bond acceptors (Lipinski definition) is 11. The SMILES string of the molecule is CCCC[C@H](C)CN.CCCC[C@H](C)CN(C(=O)OC(C)(C)C)C(=O)C(CCc1ccccc1)CCc1ccccc1.CCCC[C@H](C)CNC(=O)C(CCc1ccccc1)CCc1ccccc1.NCCC[C@H](N)CNC(=O)C(CCc1ccccc1)CCc1ccccc1.NCCC[C@H](N)CNCC(CCc1ccccc1)CCc1ccccc1. The number of benzene rings is 8. The average molecular weight is 1670 g/mol. The number of nitrogens with one attached hydrogen (secondary N) is 3. The fraction of sp³-hybridized carbons (Fsp3) is 0.519. The number of unbranched alkanes of at least 4 members (excludes halogenated alkanes) is 3. The zero-order valence-corrected chi connectivity index (χ0v) is 76.8. The summed E-state index contributed by atoms with van der Waals surface area (Å²) in [5.41, 5.74) is 38.5. The molecule has 8 rings (SSSR count). The van der Waals surface area contributed by atoms with Crippen LogP contribution in [0.4, 0.5) is 4.79 Å². The maximum atomic E-state index is 13.8. The molecule has 8 aromatic carbocycles. The molecule has 0 aliphatic heterocycles. The van der Waals surface area contributed by atoms with Crippen LogP contribution in [0.15, 0.2) is 243 Å². The summed E-state index contributed by atoms with van der Waals surface area (Å²) in [6.07, 6.45) is 28.9. The van der Waals surface area contributed by atoms with Crippen LogP contribution >= 0.6 is 0 Å². The zero-order valence-electron chi connectivity index (χ0n) is 76.8. The Hall–Kier alpha value is -8.60. The lowest BCUT2D eigenvalue weighted by atomic mass is 9.91. The van der Waals surface area contributed by atoms with Crippen LogP contribution in [-0.4, -0.2) is 98.8 Å². The van der Waals surface area contributed by atoms with Crippen molar-refractivity contribution >= 4 is 23.8 Å². The summed E-state index contributed by atoms with van der Waals surface area (Å²) in [7, 11) is 0. The van der Waals surface area contributed by atoms with Gasteiger partial charge in [-0.3, -0.25) is 14.4 Å². The first-order valence-corrected chi connectivity index (χ1v) is 46.9. The summed E-state index contributed by atoms with van der Waals surface area (Å²) in [6.45, 7) is 24.5. The molecule has 8 aromatic rings. The van der Waals surface area contributed by atoms with Gasteiger partial charge in [0.2, 0.25) is 17.7 Å². The summed E-state index contributed by atoms with van der Waals surface area (Å²) < 4.78 is 5.67. The van der Waals surface area contributed by atoms with Crippen molar-refractivity contribution in [3.05, 3.63) is 287 Å². The Balaban J connectivity index is 0.000000332. The number of amides is 4. The Morgan fingerprint density at radius 2 is 0.615 bits per heavy atom. The van der Waals surface area contributed by atoms with Crippen LogP contribution in [-0.2, 0) is 70.5 Å². The second kappa shape index (κ2) is 66.9. The minimum absolute atomic E-state index is 0.00730. The van der Waals surface area contributed by atoms with Crippen molar-refractivity contribution in [3.63, 3.8) is 0 Å². The lowest BCUT2D eigenvalue weighted by molar-refractivity contribution is -0.135. The second-order valence-corrected chi connectivity index (χ2v) is 35.1. The van der Waals surface area contributed by atoms with Crippen LogP contribution in [0.1, 0.15) is 242 Å². The Bertz CT molecular complexity index is 3530. The molecule has 5 atom stereocenters. The van der Waals surface area contributed by atoms with Crippen molar-refractivity contribution in [1.82, 2.24) is 20.9 Å². The van der Waals surface area contributed by atoms with Crippen LogP contribution in [0, 0.1) is 41.4 Å². The summed E-state index contributed by atoms with van der Waals surface area (Å²) >= 11 is 0. The maximum absolute atomic E-state index is 13.8. The molecule has 0 saturated carbocycles. The van der Waals surface area contributed by atoms with Gasteiger partial charge in [-0.1, -0.05) is 323 Å². The minimum Gasteiger partial charge on any atom is -0.443 e. The molecule has 122 heavy (non-hydrogen) atoms. The number of carbonyl (C=O) groups is 4. The standard InChI is InChI=1S/C30H43NO3.C25H35NO.C23H33N3O.C23H35N3.C7H17N/c1-6-7-14-24(2)23-31(29(33)34-30(3,4)5)28(32)27(21-19-25-15-10-8-11-16-25)22-20-26-17-12-9-13-18-26;1-3-4-11-21(2)20-26-25(27)24(18-16-22-12-7-5-8-13-22)19-17-23-14-9-6-10-15-23;24-17-7-12-22(25)18-26-23(27)21(15-13-19-8-3-1-4-9-19)16-14-20-10-5-2-6-11-20;24-17-7-12-23(25)19-26-18-22(15-13-20-8-3-1-4-9-20)16-14-21-10-5-2-6-11-21;1-3-4-5-7(2)6-8/h8-13,15-18,24,27H,6-7,14,19-23H2,1-5H3;5-10,12-15,21,24H,3-4,11,16-20H2,1-2H3,(H,26,27);1-6,8-11,21-22H,7,12-18,24-25H2,(H,26,27);1-6,8-11,22-23,26H,7,12-19,24-25H2;7H,3-6,8H2,1-2H3/t24-;21-;22-;23-;7-/m00000/s1. The highest BCUT2D eigenvalue weighted by molar-refractivity contribution is 5.93. The molecular formula is C108H163N9O5. The summed E-state index contributed by atoms with van der Waals surface area (Å²) in [4.78, 5) is 54.0. The molecule has 0 aromatic heterocycles. The van der Waals surface area contributed by atoms with E-state index in [9.17, 15) is 19.2 Å². The Kier molecular flexibility index (Phi) is 58.0. The van der Waals surface area contributed by atoms with Gasteiger partial charge in [-0.25, -0.2) is 9.69 Å². The normalized spacial score (nSPS) is 12.4. The molecule has 0 aliphatic rings.